The molecule has 0 amide bonds. The molecule has 0 spiro atoms. The number of hydrogen-bond donors (Lipinski definition) is 2. The summed E-state index contributed by atoms with van der Waals surface area (Å²) in [6.45, 7) is 4.90. The predicted octanol–water partition coefficient (Wildman–Crippen LogP) is 4.12. The van der Waals surface area contributed by atoms with E-state index >= 15 is 0 Å². The summed E-state index contributed by atoms with van der Waals surface area (Å²) >= 11 is 0. The van der Waals surface area contributed by atoms with E-state index in [0.717, 1.165) is 42.6 Å². The molecule has 0 atom stereocenters. The van der Waals surface area contributed by atoms with E-state index in [1.165, 1.54) is 32.1 Å². The maximum absolute atomic E-state index is 5.96. The number of ether oxygens (including phenoxy) is 3. The number of halogens is 1. The Kier molecular flexibility index (Phi) is 13.1. The van der Waals surface area contributed by atoms with Gasteiger partial charge in [-0.3, -0.25) is 4.99 Å². The molecule has 2 rings (SSSR count). The highest BCUT2D eigenvalue weighted by atomic mass is 127. The summed E-state index contributed by atoms with van der Waals surface area (Å²) in [5, 5.41) is 6.68. The minimum atomic E-state index is 0. The third-order valence-corrected chi connectivity index (χ3v) is 4.73. The lowest BCUT2D eigenvalue weighted by Gasteiger charge is -2.22. The smallest absolute Gasteiger partial charge is 0.191 e. The zero-order valence-corrected chi connectivity index (χ0v) is 19.8. The van der Waals surface area contributed by atoms with E-state index in [-0.39, 0.29) is 24.0 Å². The molecule has 0 heterocycles. The molecule has 0 unspecified atom stereocenters. The van der Waals surface area contributed by atoms with E-state index in [2.05, 4.69) is 15.6 Å². The molecule has 1 aliphatic carbocycles. The van der Waals surface area contributed by atoms with Crippen molar-refractivity contribution in [3.05, 3.63) is 23.8 Å². The summed E-state index contributed by atoms with van der Waals surface area (Å²) in [5.74, 6) is 2.31. The number of guanidine groups is 1. The molecular weight excluding hydrogens is 469 g/mol. The fraction of sp³-hybridized carbons (Fsp3) is 0.667. The van der Waals surface area contributed by atoms with Crippen molar-refractivity contribution in [3.63, 3.8) is 0 Å². The van der Waals surface area contributed by atoms with E-state index in [0.29, 0.717) is 19.3 Å². The Hall–Kier alpha value is -1.22. The van der Waals surface area contributed by atoms with Crippen LogP contribution >= 0.6 is 24.0 Å². The van der Waals surface area contributed by atoms with Crippen LogP contribution < -0.4 is 20.1 Å². The maximum Gasteiger partial charge on any atom is 0.191 e. The van der Waals surface area contributed by atoms with Crippen LogP contribution in [0.3, 0.4) is 0 Å². The van der Waals surface area contributed by atoms with Gasteiger partial charge in [-0.05, 0) is 43.9 Å². The lowest BCUT2D eigenvalue weighted by Crippen LogP contribution is -2.37. The third-order valence-electron chi connectivity index (χ3n) is 4.73. The Balaban J connectivity index is 0.00000392. The molecule has 0 saturated heterocycles. The van der Waals surface area contributed by atoms with E-state index < -0.39 is 0 Å². The molecular formula is C21H36IN3O3. The van der Waals surface area contributed by atoms with Gasteiger partial charge in [-0.2, -0.15) is 0 Å². The Morgan fingerprint density at radius 2 is 1.93 bits per heavy atom. The van der Waals surface area contributed by atoms with Crippen molar-refractivity contribution < 1.29 is 14.2 Å². The molecule has 0 aromatic heterocycles. The van der Waals surface area contributed by atoms with Crippen molar-refractivity contribution in [3.8, 4) is 11.5 Å². The minimum Gasteiger partial charge on any atom is -0.493 e. The minimum absolute atomic E-state index is 0. The van der Waals surface area contributed by atoms with Gasteiger partial charge in [0.05, 0.1) is 19.8 Å². The number of hydrogen-bond acceptors (Lipinski definition) is 4. The van der Waals surface area contributed by atoms with Crippen LogP contribution in [0.1, 0.15) is 51.0 Å². The fourth-order valence-electron chi connectivity index (χ4n) is 3.27. The van der Waals surface area contributed by atoms with Crippen LogP contribution in [-0.2, 0) is 11.3 Å². The molecule has 7 heteroatoms. The number of rotatable bonds is 10. The molecule has 0 aliphatic heterocycles. The summed E-state index contributed by atoms with van der Waals surface area (Å²) in [5.41, 5.74) is 1.11. The monoisotopic (exact) mass is 505 g/mol. The van der Waals surface area contributed by atoms with Gasteiger partial charge >= 0.3 is 0 Å². The van der Waals surface area contributed by atoms with Gasteiger partial charge in [0.1, 0.15) is 0 Å². The first-order chi connectivity index (χ1) is 13.3. The topological polar surface area (TPSA) is 64.1 Å². The van der Waals surface area contributed by atoms with Gasteiger partial charge in [0, 0.05) is 26.7 Å². The van der Waals surface area contributed by atoms with Crippen molar-refractivity contribution in [1.82, 2.24) is 10.6 Å². The first kappa shape index (κ1) is 24.8. The first-order valence-corrected chi connectivity index (χ1v) is 10.1. The molecule has 1 aromatic carbocycles. The summed E-state index contributed by atoms with van der Waals surface area (Å²) in [6.07, 6.45) is 7.90. The molecule has 2 N–H and O–H groups in total. The Labute approximate surface area is 186 Å². The van der Waals surface area contributed by atoms with E-state index in [1.807, 2.05) is 25.1 Å². The number of nitrogens with one attached hydrogen (secondary N) is 2. The average Bonchev–Trinajstić information content (AvgIpc) is 2.71. The van der Waals surface area contributed by atoms with Crippen molar-refractivity contribution in [2.45, 2.75) is 58.1 Å². The van der Waals surface area contributed by atoms with Crippen LogP contribution in [0.5, 0.6) is 11.5 Å². The van der Waals surface area contributed by atoms with Gasteiger partial charge in [0.25, 0.3) is 0 Å². The van der Waals surface area contributed by atoms with Gasteiger partial charge in [-0.25, -0.2) is 0 Å². The van der Waals surface area contributed by atoms with Crippen LogP contribution in [0.25, 0.3) is 0 Å². The molecule has 28 heavy (non-hydrogen) atoms. The first-order valence-electron chi connectivity index (χ1n) is 10.1. The van der Waals surface area contributed by atoms with E-state index in [9.17, 15) is 0 Å². The van der Waals surface area contributed by atoms with Gasteiger partial charge < -0.3 is 24.8 Å². The Bertz CT molecular complexity index is 578. The highest BCUT2D eigenvalue weighted by Crippen LogP contribution is 2.28. The van der Waals surface area contributed by atoms with Crippen molar-refractivity contribution in [1.29, 1.82) is 0 Å². The number of nitrogens with zero attached hydrogens (tertiary/aromatic N) is 1. The molecule has 0 bridgehead atoms. The van der Waals surface area contributed by atoms with Gasteiger partial charge in [0.15, 0.2) is 17.5 Å². The normalized spacial score (nSPS) is 14.9. The highest BCUT2D eigenvalue weighted by molar-refractivity contribution is 14.0. The second kappa shape index (κ2) is 14.7. The molecule has 0 radical (unpaired) electrons. The zero-order chi connectivity index (χ0) is 19.3. The molecule has 1 aliphatic rings. The second-order valence-electron chi connectivity index (χ2n) is 6.76. The largest absolute Gasteiger partial charge is 0.493 e. The van der Waals surface area contributed by atoms with Crippen molar-refractivity contribution in [2.24, 2.45) is 4.99 Å². The second-order valence-corrected chi connectivity index (χ2v) is 6.76. The van der Waals surface area contributed by atoms with Gasteiger partial charge in [0.2, 0.25) is 0 Å². The number of aliphatic imine (C=N–C) groups is 1. The van der Waals surface area contributed by atoms with E-state index in [1.54, 1.807) is 14.2 Å². The maximum atomic E-state index is 5.96. The predicted molar refractivity (Wildman–Crippen MR) is 125 cm³/mol. The lowest BCUT2D eigenvalue weighted by atomic mass is 9.98. The Morgan fingerprint density at radius 3 is 2.61 bits per heavy atom. The summed E-state index contributed by atoms with van der Waals surface area (Å²) in [4.78, 5) is 4.28. The summed E-state index contributed by atoms with van der Waals surface area (Å²) in [6, 6.07) is 5.96. The van der Waals surface area contributed by atoms with E-state index in [4.69, 9.17) is 14.2 Å². The molecule has 1 aromatic rings. The fourth-order valence-corrected chi connectivity index (χ4v) is 3.27. The lowest BCUT2D eigenvalue weighted by molar-refractivity contribution is 0.0277. The summed E-state index contributed by atoms with van der Waals surface area (Å²) in [7, 11) is 3.44. The van der Waals surface area contributed by atoms with Gasteiger partial charge in [-0.15, -0.1) is 24.0 Å². The van der Waals surface area contributed by atoms with Crippen LogP contribution in [0.15, 0.2) is 23.2 Å². The van der Waals surface area contributed by atoms with Crippen molar-refractivity contribution in [2.75, 3.05) is 33.9 Å². The third kappa shape index (κ3) is 8.86. The molecule has 1 saturated carbocycles. The van der Waals surface area contributed by atoms with Crippen molar-refractivity contribution >= 4 is 29.9 Å². The number of benzene rings is 1. The van der Waals surface area contributed by atoms with Gasteiger partial charge in [-0.1, -0.05) is 25.3 Å². The standard InChI is InChI=1S/C21H35N3O3.HI/c1-4-26-20-15-17(11-12-19(20)25-3)16-24-21(22-2)23-13-8-14-27-18-9-6-5-7-10-18;/h11-12,15,18H,4-10,13-14,16H2,1-3H3,(H2,22,23,24);1H. The molecule has 6 nitrogen and oxygen atoms in total. The average molecular weight is 505 g/mol. The van der Waals surface area contributed by atoms with Crippen LogP contribution in [-0.4, -0.2) is 46.0 Å². The zero-order valence-electron chi connectivity index (χ0n) is 17.5. The Morgan fingerprint density at radius 1 is 1.14 bits per heavy atom. The van der Waals surface area contributed by atoms with Crippen LogP contribution in [0.2, 0.25) is 0 Å². The SMILES string of the molecule is CCOc1cc(CNC(=NC)NCCCOC2CCCCC2)ccc1OC.I. The number of methoxy groups -OCH3 is 1. The molecule has 1 fully saturated rings. The quantitative estimate of drug-likeness (QED) is 0.217. The van der Waals surface area contributed by atoms with Crippen LogP contribution in [0.4, 0.5) is 0 Å². The van der Waals surface area contributed by atoms with Crippen LogP contribution in [0, 0.1) is 0 Å². The molecule has 160 valence electrons. The highest BCUT2D eigenvalue weighted by Gasteiger charge is 2.13. The summed E-state index contributed by atoms with van der Waals surface area (Å²) < 4.78 is 16.9.